The standard InChI is InChI=1S/C20H18BrF3N3OPS/c1-28-17-12-13(29(2)3)8-9-15(17)25-10-4-7-16-19(30-20(22,23)24)27-11-5-6-14(21)18(27)26-16/h5-6,8-9,11-12,25H,10H2,1-3H3. The average Bonchev–Trinajstić information content (AvgIpc) is 3.02. The zero-order valence-corrected chi connectivity index (χ0v) is 19.6. The van der Waals surface area contributed by atoms with Gasteiger partial charge >= 0.3 is 5.51 Å². The molecule has 1 aromatic carbocycles. The van der Waals surface area contributed by atoms with E-state index in [2.05, 4.69) is 51.4 Å². The molecule has 4 nitrogen and oxygen atoms in total. The monoisotopic (exact) mass is 515 g/mol. The van der Waals surface area contributed by atoms with Gasteiger partial charge in [0.05, 0.1) is 23.8 Å². The maximum absolute atomic E-state index is 13.0. The second kappa shape index (κ2) is 9.51. The van der Waals surface area contributed by atoms with Gasteiger partial charge in [-0.05, 0) is 64.8 Å². The van der Waals surface area contributed by atoms with E-state index in [-0.39, 0.29) is 36.9 Å². The van der Waals surface area contributed by atoms with E-state index < -0.39 is 5.51 Å². The van der Waals surface area contributed by atoms with Crippen LogP contribution in [0.1, 0.15) is 5.69 Å². The molecular formula is C20H18BrF3N3OPS. The lowest BCUT2D eigenvalue weighted by atomic mass is 10.3. The Kier molecular flexibility index (Phi) is 7.22. The summed E-state index contributed by atoms with van der Waals surface area (Å²) in [4.78, 5) is 4.28. The number of imidazole rings is 1. The molecule has 0 fully saturated rings. The quantitative estimate of drug-likeness (QED) is 0.275. The second-order valence-corrected chi connectivity index (χ2v) is 10.5. The molecule has 0 aliphatic heterocycles. The highest BCUT2D eigenvalue weighted by Gasteiger charge is 2.33. The number of hydrogen-bond acceptors (Lipinski definition) is 4. The van der Waals surface area contributed by atoms with Crippen molar-refractivity contribution < 1.29 is 17.9 Å². The number of hydrogen-bond donors (Lipinski definition) is 1. The summed E-state index contributed by atoms with van der Waals surface area (Å²) in [5, 5.41) is 4.30. The van der Waals surface area contributed by atoms with E-state index >= 15 is 0 Å². The van der Waals surface area contributed by atoms with Gasteiger partial charge in [-0.3, -0.25) is 4.40 Å². The molecule has 10 heteroatoms. The predicted molar refractivity (Wildman–Crippen MR) is 122 cm³/mol. The minimum atomic E-state index is -4.44. The summed E-state index contributed by atoms with van der Waals surface area (Å²) in [6, 6.07) is 9.30. The van der Waals surface area contributed by atoms with E-state index in [1.165, 1.54) is 15.9 Å². The van der Waals surface area contributed by atoms with Crippen LogP contribution in [0.25, 0.3) is 5.65 Å². The van der Waals surface area contributed by atoms with Crippen LogP contribution in [0, 0.1) is 11.8 Å². The first kappa shape index (κ1) is 22.8. The molecule has 2 aromatic heterocycles. The van der Waals surface area contributed by atoms with E-state index in [0.29, 0.717) is 15.9 Å². The zero-order chi connectivity index (χ0) is 21.9. The number of thioether (sulfide) groups is 1. The molecular weight excluding hydrogens is 498 g/mol. The summed E-state index contributed by atoms with van der Waals surface area (Å²) in [6.07, 6.45) is 1.54. The normalized spacial score (nSPS) is 11.5. The summed E-state index contributed by atoms with van der Waals surface area (Å²) in [7, 11) is 1.35. The van der Waals surface area contributed by atoms with E-state index in [9.17, 15) is 13.2 Å². The van der Waals surface area contributed by atoms with Crippen molar-refractivity contribution in [1.82, 2.24) is 9.38 Å². The molecule has 0 aliphatic carbocycles. The van der Waals surface area contributed by atoms with Crippen LogP contribution in [0.15, 0.2) is 46.0 Å². The number of ether oxygens (including phenoxy) is 1. The number of fused-ring (bicyclic) bond motifs is 1. The molecule has 0 atom stereocenters. The molecule has 0 amide bonds. The van der Waals surface area contributed by atoms with Crippen molar-refractivity contribution in [2.45, 2.75) is 10.5 Å². The fourth-order valence-corrected chi connectivity index (χ4v) is 4.51. The number of alkyl halides is 3. The number of halogens is 4. The molecule has 0 aliphatic rings. The van der Waals surface area contributed by atoms with E-state index in [1.807, 2.05) is 18.2 Å². The number of anilines is 1. The lowest BCUT2D eigenvalue weighted by Crippen LogP contribution is -2.05. The van der Waals surface area contributed by atoms with Crippen molar-refractivity contribution in [2.24, 2.45) is 0 Å². The Labute approximate surface area is 186 Å². The number of pyridine rings is 1. The minimum absolute atomic E-state index is 0.0625. The molecule has 158 valence electrons. The van der Waals surface area contributed by atoms with Gasteiger partial charge in [0.2, 0.25) is 0 Å². The van der Waals surface area contributed by atoms with Crippen LogP contribution < -0.4 is 15.4 Å². The van der Waals surface area contributed by atoms with Crippen LogP contribution in [-0.2, 0) is 0 Å². The van der Waals surface area contributed by atoms with Crippen LogP contribution in [-0.4, -0.2) is 41.9 Å². The molecule has 2 heterocycles. The largest absolute Gasteiger partial charge is 0.495 e. The highest BCUT2D eigenvalue weighted by Crippen LogP contribution is 2.39. The van der Waals surface area contributed by atoms with Crippen molar-refractivity contribution in [3.63, 3.8) is 0 Å². The van der Waals surface area contributed by atoms with Crippen LogP contribution in [0.2, 0.25) is 0 Å². The summed E-state index contributed by atoms with van der Waals surface area (Å²) < 4.78 is 46.5. The van der Waals surface area contributed by atoms with Gasteiger partial charge in [-0.25, -0.2) is 4.98 Å². The Morgan fingerprint density at radius 3 is 2.73 bits per heavy atom. The van der Waals surface area contributed by atoms with Gasteiger partial charge in [0.25, 0.3) is 0 Å². The Hall–Kier alpha value is -1.88. The molecule has 3 aromatic rings. The molecule has 0 saturated carbocycles. The van der Waals surface area contributed by atoms with Gasteiger partial charge in [-0.2, -0.15) is 13.2 Å². The van der Waals surface area contributed by atoms with Gasteiger partial charge in [-0.15, -0.1) is 0 Å². The van der Waals surface area contributed by atoms with Crippen LogP contribution in [0.5, 0.6) is 5.75 Å². The van der Waals surface area contributed by atoms with Gasteiger partial charge in [0, 0.05) is 18.0 Å². The van der Waals surface area contributed by atoms with E-state index in [4.69, 9.17) is 4.74 Å². The first-order valence-electron chi connectivity index (χ1n) is 8.70. The number of benzene rings is 1. The first-order chi connectivity index (χ1) is 14.2. The van der Waals surface area contributed by atoms with Gasteiger partial charge in [0.15, 0.2) is 5.65 Å². The number of nitrogens with one attached hydrogen (secondary N) is 1. The molecule has 0 saturated heterocycles. The summed E-state index contributed by atoms with van der Waals surface area (Å²) in [5.41, 5.74) is -3.21. The van der Waals surface area contributed by atoms with E-state index in [0.717, 1.165) is 5.69 Å². The highest BCUT2D eigenvalue weighted by molar-refractivity contribution is 9.10. The van der Waals surface area contributed by atoms with Crippen LogP contribution in [0.3, 0.4) is 0 Å². The lowest BCUT2D eigenvalue weighted by molar-refractivity contribution is -0.0329. The predicted octanol–water partition coefficient (Wildman–Crippen LogP) is 5.55. The number of nitrogens with zero attached hydrogens (tertiary/aromatic N) is 2. The summed E-state index contributed by atoms with van der Waals surface area (Å²) in [5.74, 6) is 6.33. The molecule has 0 unspecified atom stereocenters. The zero-order valence-electron chi connectivity index (χ0n) is 16.3. The van der Waals surface area contributed by atoms with Gasteiger partial charge < -0.3 is 10.1 Å². The van der Waals surface area contributed by atoms with Crippen LogP contribution >= 0.6 is 35.6 Å². The number of methoxy groups -OCH3 is 1. The Morgan fingerprint density at radius 2 is 2.07 bits per heavy atom. The van der Waals surface area contributed by atoms with Gasteiger partial charge in [-0.1, -0.05) is 19.9 Å². The van der Waals surface area contributed by atoms with Crippen molar-refractivity contribution in [3.8, 4) is 17.6 Å². The van der Waals surface area contributed by atoms with Gasteiger partial charge in [0.1, 0.15) is 16.5 Å². The fourth-order valence-electron chi connectivity index (χ4n) is 2.67. The number of rotatable bonds is 5. The average molecular weight is 516 g/mol. The Balaban J connectivity index is 1.85. The Morgan fingerprint density at radius 1 is 1.30 bits per heavy atom. The third-order valence-corrected chi connectivity index (χ3v) is 6.79. The Bertz CT molecular complexity index is 1120. The summed E-state index contributed by atoms with van der Waals surface area (Å²) in [6.45, 7) is 4.55. The molecule has 30 heavy (non-hydrogen) atoms. The third-order valence-electron chi connectivity index (χ3n) is 4.05. The van der Waals surface area contributed by atoms with Crippen molar-refractivity contribution in [1.29, 1.82) is 0 Å². The van der Waals surface area contributed by atoms with Crippen LogP contribution in [0.4, 0.5) is 18.9 Å². The second-order valence-electron chi connectivity index (χ2n) is 6.30. The molecule has 0 bridgehead atoms. The van der Waals surface area contributed by atoms with Crippen molar-refractivity contribution in [3.05, 3.63) is 46.7 Å². The third kappa shape index (κ3) is 5.42. The lowest BCUT2D eigenvalue weighted by Gasteiger charge is -2.13. The smallest absolute Gasteiger partial charge is 0.447 e. The molecule has 0 radical (unpaired) electrons. The van der Waals surface area contributed by atoms with Crippen molar-refractivity contribution in [2.75, 3.05) is 32.3 Å². The molecule has 0 spiro atoms. The van der Waals surface area contributed by atoms with Crippen molar-refractivity contribution >= 4 is 52.3 Å². The maximum Gasteiger partial charge on any atom is 0.447 e. The summed E-state index contributed by atoms with van der Waals surface area (Å²) >= 11 is 3.10. The maximum atomic E-state index is 13.0. The first-order valence-corrected chi connectivity index (χ1v) is 12.5. The topological polar surface area (TPSA) is 38.6 Å². The highest BCUT2D eigenvalue weighted by atomic mass is 79.9. The minimum Gasteiger partial charge on any atom is -0.495 e. The SMILES string of the molecule is COc1cc(P(C)C)ccc1NCC#Cc1nc2c(Br)cccn2c1SC(F)(F)F. The molecule has 3 rings (SSSR count). The molecule has 1 N–H and O–H groups in total. The van der Waals surface area contributed by atoms with E-state index in [1.54, 1.807) is 19.2 Å². The fraction of sp³-hybridized carbons (Fsp3) is 0.250. The number of aromatic nitrogens is 2.